The Hall–Kier alpha value is -2.45. The third kappa shape index (κ3) is 4.45. The molecule has 1 heterocycles. The van der Waals surface area contributed by atoms with Crippen LogP contribution >= 0.6 is 0 Å². The van der Waals surface area contributed by atoms with Crippen molar-refractivity contribution < 1.29 is 19.7 Å². The van der Waals surface area contributed by atoms with Gasteiger partial charge in [-0.05, 0) is 23.3 Å². The number of benzene rings is 2. The van der Waals surface area contributed by atoms with Gasteiger partial charge in [-0.2, -0.15) is 0 Å². The molecule has 2 aromatic rings. The Morgan fingerprint density at radius 3 is 2.56 bits per heavy atom. The fraction of sp³-hybridized carbons (Fsp3) is 0.350. The summed E-state index contributed by atoms with van der Waals surface area (Å²) in [5.41, 5.74) is 8.23. The summed E-state index contributed by atoms with van der Waals surface area (Å²) in [7, 11) is 1.58. The molecule has 144 valence electrons. The fourth-order valence-electron chi connectivity index (χ4n) is 3.23. The molecule has 0 bridgehead atoms. The van der Waals surface area contributed by atoms with Crippen molar-refractivity contribution in [2.45, 2.75) is 18.1 Å². The first-order chi connectivity index (χ1) is 13.1. The molecule has 2 aromatic carbocycles. The van der Waals surface area contributed by atoms with E-state index in [1.54, 1.807) is 43.5 Å². The van der Waals surface area contributed by atoms with Crippen molar-refractivity contribution in [1.82, 2.24) is 16.2 Å². The number of hydrazine groups is 1. The molecule has 0 saturated carbocycles. The van der Waals surface area contributed by atoms with E-state index in [4.69, 9.17) is 4.74 Å². The van der Waals surface area contributed by atoms with Crippen LogP contribution in [0.5, 0.6) is 5.75 Å². The highest BCUT2D eigenvalue weighted by molar-refractivity contribution is 5.95. The van der Waals surface area contributed by atoms with E-state index in [0.717, 1.165) is 18.7 Å². The van der Waals surface area contributed by atoms with Crippen LogP contribution < -0.4 is 20.9 Å². The highest BCUT2D eigenvalue weighted by Crippen LogP contribution is 2.28. The van der Waals surface area contributed by atoms with E-state index in [9.17, 15) is 15.0 Å². The monoisotopic (exact) mass is 371 g/mol. The van der Waals surface area contributed by atoms with E-state index in [1.165, 1.54) is 0 Å². The Morgan fingerprint density at radius 1 is 1.22 bits per heavy atom. The molecular formula is C20H25N3O4. The van der Waals surface area contributed by atoms with Gasteiger partial charge in [-0.3, -0.25) is 15.6 Å². The topological polar surface area (TPSA) is 103 Å². The maximum absolute atomic E-state index is 12.6. The van der Waals surface area contributed by atoms with Gasteiger partial charge in [0.15, 0.2) is 0 Å². The lowest BCUT2D eigenvalue weighted by atomic mass is 9.97. The number of hydrogen-bond donors (Lipinski definition) is 5. The second-order valence-electron chi connectivity index (χ2n) is 6.53. The van der Waals surface area contributed by atoms with Gasteiger partial charge < -0.3 is 20.3 Å². The lowest BCUT2D eigenvalue weighted by molar-refractivity contribution is 0.0703. The summed E-state index contributed by atoms with van der Waals surface area (Å²) in [5, 5.41) is 22.8. The quantitative estimate of drug-likeness (QED) is 0.491. The van der Waals surface area contributed by atoms with Crippen LogP contribution in [0.1, 0.15) is 33.5 Å². The first-order valence-electron chi connectivity index (χ1n) is 8.92. The third-order valence-corrected chi connectivity index (χ3v) is 4.79. The number of aliphatic hydroxyl groups excluding tert-OH is 2. The van der Waals surface area contributed by atoms with Crippen molar-refractivity contribution in [2.75, 3.05) is 26.8 Å². The average Bonchev–Trinajstić information content (AvgIpc) is 3.26. The van der Waals surface area contributed by atoms with Gasteiger partial charge in [0.2, 0.25) is 0 Å². The summed E-state index contributed by atoms with van der Waals surface area (Å²) >= 11 is 0. The molecule has 2 atom stereocenters. The summed E-state index contributed by atoms with van der Waals surface area (Å²) in [6.45, 7) is 1.20. The van der Waals surface area contributed by atoms with Crippen molar-refractivity contribution in [1.29, 1.82) is 0 Å². The van der Waals surface area contributed by atoms with Crippen LogP contribution in [0.15, 0.2) is 48.5 Å². The van der Waals surface area contributed by atoms with Gasteiger partial charge in [0.25, 0.3) is 5.91 Å². The smallest absolute Gasteiger partial charge is 0.251 e. The molecule has 7 nitrogen and oxygen atoms in total. The van der Waals surface area contributed by atoms with E-state index < -0.39 is 12.1 Å². The van der Waals surface area contributed by atoms with Crippen LogP contribution in [-0.2, 0) is 0 Å². The van der Waals surface area contributed by atoms with Crippen molar-refractivity contribution in [3.63, 3.8) is 0 Å². The van der Waals surface area contributed by atoms with Gasteiger partial charge >= 0.3 is 0 Å². The van der Waals surface area contributed by atoms with Crippen molar-refractivity contribution >= 4 is 5.91 Å². The minimum Gasteiger partial charge on any atom is -0.496 e. The zero-order valence-electron chi connectivity index (χ0n) is 15.2. The zero-order valence-corrected chi connectivity index (χ0v) is 15.2. The van der Waals surface area contributed by atoms with E-state index in [-0.39, 0.29) is 18.4 Å². The maximum Gasteiger partial charge on any atom is 0.251 e. The molecule has 1 aliphatic heterocycles. The average molecular weight is 371 g/mol. The Bertz CT molecular complexity index is 763. The fourth-order valence-corrected chi connectivity index (χ4v) is 3.23. The number of carbonyl (C=O) groups excluding carboxylic acids is 1. The van der Waals surface area contributed by atoms with E-state index in [0.29, 0.717) is 16.9 Å². The summed E-state index contributed by atoms with van der Waals surface area (Å²) in [6, 6.07) is 13.4. The molecule has 27 heavy (non-hydrogen) atoms. The van der Waals surface area contributed by atoms with Gasteiger partial charge in [-0.25, -0.2) is 0 Å². The Kier molecular flexibility index (Phi) is 6.41. The van der Waals surface area contributed by atoms with Gasteiger partial charge in [0, 0.05) is 24.6 Å². The van der Waals surface area contributed by atoms with Gasteiger partial charge in [0.1, 0.15) is 11.9 Å². The van der Waals surface area contributed by atoms with E-state index >= 15 is 0 Å². The van der Waals surface area contributed by atoms with Crippen LogP contribution in [0.2, 0.25) is 0 Å². The highest BCUT2D eigenvalue weighted by Gasteiger charge is 2.24. The van der Waals surface area contributed by atoms with Gasteiger partial charge in [0.05, 0.1) is 19.8 Å². The molecule has 1 saturated heterocycles. The predicted molar refractivity (Wildman–Crippen MR) is 101 cm³/mol. The molecule has 0 aromatic heterocycles. The molecule has 0 radical (unpaired) electrons. The summed E-state index contributed by atoms with van der Waals surface area (Å²) in [5.74, 6) is 0.529. The number of amides is 1. The van der Waals surface area contributed by atoms with Crippen LogP contribution in [0.4, 0.5) is 0 Å². The number of nitrogens with one attached hydrogen (secondary N) is 3. The summed E-state index contributed by atoms with van der Waals surface area (Å²) < 4.78 is 5.46. The lowest BCUT2D eigenvalue weighted by Gasteiger charge is -2.23. The molecule has 0 unspecified atom stereocenters. The Balaban J connectivity index is 1.74. The molecule has 3 rings (SSSR count). The van der Waals surface area contributed by atoms with Crippen LogP contribution in [0.25, 0.3) is 0 Å². The largest absolute Gasteiger partial charge is 0.496 e. The van der Waals surface area contributed by atoms with Gasteiger partial charge in [-0.15, -0.1) is 0 Å². The second kappa shape index (κ2) is 8.96. The standard InChI is InChI=1S/C20H25N3O4/c1-27-18-9-14(7-8-16(18)15-10-21-22-11-15)20(26)23-17(12-24)19(25)13-5-3-2-4-6-13/h2-9,15,17,19,21-22,24-25H,10-12H2,1H3,(H,23,26)/t17-,19-/m1/s1. The molecule has 1 fully saturated rings. The zero-order chi connectivity index (χ0) is 19.2. The SMILES string of the molecule is COc1cc(C(=O)N[C@H](CO)[C@H](O)c2ccccc2)ccc1C1CNNC1. The van der Waals surface area contributed by atoms with Crippen LogP contribution in [-0.4, -0.2) is 49.0 Å². The van der Waals surface area contributed by atoms with Crippen molar-refractivity contribution in [2.24, 2.45) is 0 Å². The Morgan fingerprint density at radius 2 is 1.93 bits per heavy atom. The van der Waals surface area contributed by atoms with E-state index in [1.807, 2.05) is 12.1 Å². The summed E-state index contributed by atoms with van der Waals surface area (Å²) in [4.78, 5) is 12.6. The number of methoxy groups -OCH3 is 1. The van der Waals surface area contributed by atoms with Crippen molar-refractivity contribution in [3.8, 4) is 5.75 Å². The molecule has 1 amide bonds. The molecule has 1 aliphatic rings. The van der Waals surface area contributed by atoms with Crippen molar-refractivity contribution in [3.05, 3.63) is 65.2 Å². The maximum atomic E-state index is 12.6. The van der Waals surface area contributed by atoms with Gasteiger partial charge in [-0.1, -0.05) is 36.4 Å². The molecule has 0 spiro atoms. The first-order valence-corrected chi connectivity index (χ1v) is 8.92. The minimum atomic E-state index is -1.00. The minimum absolute atomic E-state index is 0.266. The molecule has 0 aliphatic carbocycles. The number of carbonyl (C=O) groups is 1. The predicted octanol–water partition coefficient (Wildman–Crippen LogP) is 0.711. The van der Waals surface area contributed by atoms with E-state index in [2.05, 4.69) is 16.2 Å². The number of ether oxygens (including phenoxy) is 1. The van der Waals surface area contributed by atoms with Crippen LogP contribution in [0, 0.1) is 0 Å². The molecule has 5 N–H and O–H groups in total. The van der Waals surface area contributed by atoms with Crippen LogP contribution in [0.3, 0.4) is 0 Å². The summed E-state index contributed by atoms with van der Waals surface area (Å²) in [6.07, 6.45) is -1.00. The number of hydrogen-bond acceptors (Lipinski definition) is 6. The Labute approximate surface area is 158 Å². The lowest BCUT2D eigenvalue weighted by Crippen LogP contribution is -2.42. The number of aliphatic hydroxyl groups is 2. The highest BCUT2D eigenvalue weighted by atomic mass is 16.5. The molecule has 7 heteroatoms. The molecular weight excluding hydrogens is 346 g/mol. The third-order valence-electron chi connectivity index (χ3n) is 4.79. The first kappa shape index (κ1) is 19.3. The second-order valence-corrected chi connectivity index (χ2v) is 6.53. The normalized spacial score (nSPS) is 16.7. The number of rotatable bonds is 7.